The van der Waals surface area contributed by atoms with Crippen molar-refractivity contribution in [2.24, 2.45) is 0 Å². The molecule has 2 aromatic heterocycles. The smallest absolute Gasteiger partial charge is 0.243 e. The van der Waals surface area contributed by atoms with Gasteiger partial charge in [0, 0.05) is 24.5 Å². The number of fused-ring (bicyclic) bond motifs is 1. The number of pyridine rings is 1. The van der Waals surface area contributed by atoms with E-state index in [4.69, 9.17) is 11.6 Å². The van der Waals surface area contributed by atoms with Gasteiger partial charge >= 0.3 is 0 Å². The molecule has 1 amide bonds. The van der Waals surface area contributed by atoms with E-state index in [9.17, 15) is 4.79 Å². The number of hydrogen-bond acceptors (Lipinski definition) is 3. The summed E-state index contributed by atoms with van der Waals surface area (Å²) in [5.41, 5.74) is 1.70. The Morgan fingerprint density at radius 2 is 2.20 bits per heavy atom. The molecule has 1 N–H and O–H groups in total. The van der Waals surface area contributed by atoms with Gasteiger partial charge in [-0.15, -0.1) is 11.6 Å². The maximum Gasteiger partial charge on any atom is 0.243 e. The van der Waals surface area contributed by atoms with Crippen molar-refractivity contribution in [3.63, 3.8) is 0 Å². The lowest BCUT2D eigenvalue weighted by atomic mass is 10.2. The molecule has 20 heavy (non-hydrogen) atoms. The minimum Gasteiger partial charge on any atom is -0.352 e. The average Bonchev–Trinajstić information content (AvgIpc) is 2.75. The summed E-state index contributed by atoms with van der Waals surface area (Å²) < 4.78 is 1.94. The Balaban J connectivity index is 2.45. The molecule has 108 valence electrons. The van der Waals surface area contributed by atoms with E-state index in [0.29, 0.717) is 12.3 Å². The van der Waals surface area contributed by atoms with Crippen LogP contribution in [0.15, 0.2) is 18.5 Å². The van der Waals surface area contributed by atoms with Gasteiger partial charge in [-0.25, -0.2) is 4.98 Å². The largest absolute Gasteiger partial charge is 0.352 e. The summed E-state index contributed by atoms with van der Waals surface area (Å²) in [5, 5.41) is 2.93. The number of alkyl halides is 1. The number of nitrogens with zero attached hydrogens (tertiary/aromatic N) is 3. The minimum absolute atomic E-state index is 0.0214. The Kier molecular flexibility index (Phi) is 4.60. The van der Waals surface area contributed by atoms with Crippen molar-refractivity contribution in [1.29, 1.82) is 0 Å². The molecule has 5 nitrogen and oxygen atoms in total. The van der Waals surface area contributed by atoms with Gasteiger partial charge in [0.05, 0.1) is 11.7 Å². The third kappa shape index (κ3) is 2.93. The van der Waals surface area contributed by atoms with Gasteiger partial charge < -0.3 is 9.88 Å². The Labute approximate surface area is 123 Å². The highest BCUT2D eigenvalue weighted by Gasteiger charge is 2.21. The number of halogens is 1. The maximum atomic E-state index is 12.2. The van der Waals surface area contributed by atoms with Crippen LogP contribution in [0.3, 0.4) is 0 Å². The molecule has 0 radical (unpaired) electrons. The van der Waals surface area contributed by atoms with Gasteiger partial charge in [-0.2, -0.15) is 0 Å². The Hall–Kier alpha value is -1.62. The minimum atomic E-state index is -0.331. The third-order valence-electron chi connectivity index (χ3n) is 3.08. The summed E-state index contributed by atoms with van der Waals surface area (Å²) in [7, 11) is 0. The van der Waals surface area contributed by atoms with E-state index in [1.807, 2.05) is 31.4 Å². The fourth-order valence-corrected chi connectivity index (χ4v) is 2.39. The van der Waals surface area contributed by atoms with Crippen molar-refractivity contribution < 1.29 is 4.79 Å². The fourth-order valence-electron chi connectivity index (χ4n) is 2.22. The van der Waals surface area contributed by atoms with E-state index in [1.165, 1.54) is 0 Å². The average molecular weight is 295 g/mol. The van der Waals surface area contributed by atoms with Gasteiger partial charge in [0.1, 0.15) is 17.4 Å². The molecule has 0 saturated carbocycles. The van der Waals surface area contributed by atoms with Crippen LogP contribution in [-0.2, 0) is 11.2 Å². The van der Waals surface area contributed by atoms with Crippen molar-refractivity contribution in [2.45, 2.75) is 39.3 Å². The molecule has 0 bridgehead atoms. The summed E-state index contributed by atoms with van der Waals surface area (Å²) in [6, 6.07) is 1.65. The number of rotatable bonds is 5. The molecule has 6 heteroatoms. The molecule has 0 aliphatic carbocycles. The van der Waals surface area contributed by atoms with Crippen LogP contribution in [-0.4, -0.2) is 32.4 Å². The lowest BCUT2D eigenvalue weighted by Gasteiger charge is -2.18. The molecular formula is C14H19ClN4O. The predicted octanol–water partition coefficient (Wildman–Crippen LogP) is 2.30. The molecule has 0 aromatic carbocycles. The summed E-state index contributed by atoms with van der Waals surface area (Å²) >= 11 is 5.83. The van der Waals surface area contributed by atoms with Crippen LogP contribution in [0.1, 0.15) is 32.6 Å². The normalized spacial score (nSPS) is 12.8. The zero-order chi connectivity index (χ0) is 14.7. The third-order valence-corrected chi connectivity index (χ3v) is 3.27. The second-order valence-corrected chi connectivity index (χ2v) is 5.42. The van der Waals surface area contributed by atoms with Gasteiger partial charge in [-0.1, -0.05) is 0 Å². The Bertz CT molecular complexity index is 608. The van der Waals surface area contributed by atoms with E-state index in [2.05, 4.69) is 15.3 Å². The van der Waals surface area contributed by atoms with E-state index < -0.39 is 0 Å². The lowest BCUT2D eigenvalue weighted by Crippen LogP contribution is -2.36. The van der Waals surface area contributed by atoms with Crippen LogP contribution >= 0.6 is 11.6 Å². The molecule has 0 fully saturated rings. The number of carbonyl (C=O) groups excluding carboxylic acids is 1. The molecule has 0 aliphatic heterocycles. The lowest BCUT2D eigenvalue weighted by molar-refractivity contribution is -0.124. The highest BCUT2D eigenvalue weighted by Crippen LogP contribution is 2.21. The Morgan fingerprint density at radius 3 is 2.85 bits per heavy atom. The monoisotopic (exact) mass is 294 g/mol. The van der Waals surface area contributed by atoms with E-state index >= 15 is 0 Å². The number of aromatic nitrogens is 3. The first kappa shape index (κ1) is 14.8. The number of amides is 1. The summed E-state index contributed by atoms with van der Waals surface area (Å²) in [6.07, 6.45) is 4.03. The van der Waals surface area contributed by atoms with Crippen molar-refractivity contribution in [1.82, 2.24) is 19.9 Å². The molecule has 0 saturated heterocycles. The second-order valence-electron chi connectivity index (χ2n) is 5.04. The zero-order valence-corrected chi connectivity index (χ0v) is 12.7. The first-order valence-corrected chi connectivity index (χ1v) is 7.25. The molecule has 0 spiro atoms. The van der Waals surface area contributed by atoms with Crippen LogP contribution in [0.4, 0.5) is 0 Å². The number of hydrogen-bond donors (Lipinski definition) is 1. The summed E-state index contributed by atoms with van der Waals surface area (Å²) in [4.78, 5) is 20.8. The van der Waals surface area contributed by atoms with Crippen LogP contribution < -0.4 is 5.32 Å². The quantitative estimate of drug-likeness (QED) is 0.861. The van der Waals surface area contributed by atoms with Crippen molar-refractivity contribution in [3.05, 3.63) is 24.3 Å². The van der Waals surface area contributed by atoms with Gasteiger partial charge in [-0.3, -0.25) is 9.78 Å². The summed E-state index contributed by atoms with van der Waals surface area (Å²) in [5.74, 6) is 1.26. The van der Waals surface area contributed by atoms with Crippen molar-refractivity contribution >= 4 is 28.5 Å². The van der Waals surface area contributed by atoms with Gasteiger partial charge in [-0.05, 0) is 26.8 Å². The highest BCUT2D eigenvalue weighted by molar-refractivity contribution is 6.17. The van der Waals surface area contributed by atoms with Crippen LogP contribution in [0, 0.1) is 0 Å². The standard InChI is InChI=1S/C14H19ClN4O/c1-9(2)17-14(20)10(3)19-12-5-7-16-8-11(12)18-13(19)4-6-15/h5,7-10H,4,6H2,1-3H3,(H,17,20). The fraction of sp³-hybridized carbons (Fsp3) is 0.500. The van der Waals surface area contributed by atoms with Crippen molar-refractivity contribution in [3.8, 4) is 0 Å². The molecule has 2 aromatic rings. The van der Waals surface area contributed by atoms with Gasteiger partial charge in [0.2, 0.25) is 5.91 Å². The van der Waals surface area contributed by atoms with E-state index in [1.54, 1.807) is 12.4 Å². The maximum absolute atomic E-state index is 12.2. The molecule has 1 unspecified atom stereocenters. The number of imidazole rings is 1. The molecule has 2 heterocycles. The van der Waals surface area contributed by atoms with Crippen LogP contribution in [0.5, 0.6) is 0 Å². The number of aryl methyl sites for hydroxylation is 1. The van der Waals surface area contributed by atoms with Gasteiger partial charge in [0.15, 0.2) is 0 Å². The Morgan fingerprint density at radius 1 is 1.45 bits per heavy atom. The zero-order valence-electron chi connectivity index (χ0n) is 11.9. The van der Waals surface area contributed by atoms with Crippen molar-refractivity contribution in [2.75, 3.05) is 5.88 Å². The molecule has 1 atom stereocenters. The topological polar surface area (TPSA) is 59.8 Å². The number of nitrogens with one attached hydrogen (secondary N) is 1. The highest BCUT2D eigenvalue weighted by atomic mass is 35.5. The van der Waals surface area contributed by atoms with Crippen LogP contribution in [0.2, 0.25) is 0 Å². The van der Waals surface area contributed by atoms with Gasteiger partial charge in [0.25, 0.3) is 0 Å². The SMILES string of the molecule is CC(C)NC(=O)C(C)n1c(CCCl)nc2cnccc21. The molecule has 2 rings (SSSR count). The first-order chi connectivity index (χ1) is 9.54. The first-order valence-electron chi connectivity index (χ1n) is 6.71. The van der Waals surface area contributed by atoms with Crippen LogP contribution in [0.25, 0.3) is 11.0 Å². The predicted molar refractivity (Wildman–Crippen MR) is 79.9 cm³/mol. The number of carbonyl (C=O) groups is 1. The molecular weight excluding hydrogens is 276 g/mol. The summed E-state index contributed by atoms with van der Waals surface area (Å²) in [6.45, 7) is 5.76. The van der Waals surface area contributed by atoms with E-state index in [-0.39, 0.29) is 18.0 Å². The van der Waals surface area contributed by atoms with E-state index in [0.717, 1.165) is 16.9 Å². The molecule has 0 aliphatic rings. The second kappa shape index (κ2) is 6.22.